The molecule has 0 saturated carbocycles. The van der Waals surface area contributed by atoms with Crippen LogP contribution in [0.1, 0.15) is 9.75 Å². The molecule has 0 saturated heterocycles. The Hall–Kier alpha value is -1.51. The van der Waals surface area contributed by atoms with Gasteiger partial charge < -0.3 is 5.11 Å². The van der Waals surface area contributed by atoms with E-state index in [4.69, 9.17) is 5.11 Å². The van der Waals surface area contributed by atoms with Crippen molar-refractivity contribution in [2.75, 3.05) is 4.72 Å². The summed E-state index contributed by atoms with van der Waals surface area (Å²) in [6.07, 6.45) is 4.07. The summed E-state index contributed by atoms with van der Waals surface area (Å²) < 4.78 is 26.6. The fourth-order valence-electron chi connectivity index (χ4n) is 1.43. The van der Waals surface area contributed by atoms with Crippen molar-refractivity contribution in [3.05, 3.63) is 34.5 Å². The molecular formula is C10H11N3O3S2. The van der Waals surface area contributed by atoms with Gasteiger partial charge in [0, 0.05) is 9.75 Å². The highest BCUT2D eigenvalue weighted by molar-refractivity contribution is 7.93. The van der Waals surface area contributed by atoms with Gasteiger partial charge in [-0.25, -0.2) is 18.4 Å². The summed E-state index contributed by atoms with van der Waals surface area (Å²) in [5, 5.41) is 9.01. The zero-order valence-corrected chi connectivity index (χ0v) is 11.1. The Bertz CT molecular complexity index is 638. The van der Waals surface area contributed by atoms with Crippen molar-refractivity contribution in [1.29, 1.82) is 0 Å². The lowest BCUT2D eigenvalue weighted by Crippen LogP contribution is -2.13. The van der Waals surface area contributed by atoms with Gasteiger partial charge in [0.25, 0.3) is 10.0 Å². The molecule has 0 aromatic carbocycles. The van der Waals surface area contributed by atoms with Gasteiger partial charge in [-0.05, 0) is 13.0 Å². The third kappa shape index (κ3) is 2.66. The van der Waals surface area contributed by atoms with Gasteiger partial charge in [0.2, 0.25) is 0 Å². The second-order valence-corrected chi connectivity index (χ2v) is 6.52. The summed E-state index contributed by atoms with van der Waals surface area (Å²) in [5.74, 6) is 0. The average molecular weight is 285 g/mol. The number of aliphatic hydroxyl groups is 1. The van der Waals surface area contributed by atoms with Gasteiger partial charge in [-0.3, -0.25) is 4.72 Å². The summed E-state index contributed by atoms with van der Waals surface area (Å²) in [6, 6.07) is 1.46. The number of hydrogen-bond acceptors (Lipinski definition) is 6. The van der Waals surface area contributed by atoms with Crippen LogP contribution in [0.5, 0.6) is 0 Å². The number of nitrogens with zero attached hydrogens (tertiary/aromatic N) is 2. The first kappa shape index (κ1) is 12.9. The summed E-state index contributed by atoms with van der Waals surface area (Å²) in [7, 11) is -3.66. The Balaban J connectivity index is 2.34. The maximum absolute atomic E-state index is 12.1. The number of aryl methyl sites for hydroxylation is 1. The highest BCUT2D eigenvalue weighted by Crippen LogP contribution is 2.27. The number of nitrogens with one attached hydrogen (secondary N) is 1. The van der Waals surface area contributed by atoms with E-state index in [9.17, 15) is 8.42 Å². The minimum Gasteiger partial charge on any atom is -0.391 e. The molecule has 6 nitrogen and oxygen atoms in total. The van der Waals surface area contributed by atoms with Crippen molar-refractivity contribution >= 4 is 27.0 Å². The molecule has 0 aliphatic rings. The van der Waals surface area contributed by atoms with Crippen molar-refractivity contribution in [3.63, 3.8) is 0 Å². The molecule has 0 bridgehead atoms. The molecule has 0 radical (unpaired) electrons. The molecule has 2 aromatic heterocycles. The normalized spacial score (nSPS) is 11.4. The maximum Gasteiger partial charge on any atom is 0.263 e. The molecule has 8 heteroatoms. The van der Waals surface area contributed by atoms with Crippen LogP contribution in [0.25, 0.3) is 0 Å². The lowest BCUT2D eigenvalue weighted by Gasteiger charge is -2.06. The lowest BCUT2D eigenvalue weighted by molar-refractivity contribution is 0.285. The Morgan fingerprint density at radius 2 is 2.06 bits per heavy atom. The van der Waals surface area contributed by atoms with E-state index >= 15 is 0 Å². The summed E-state index contributed by atoms with van der Waals surface area (Å²) >= 11 is 1.25. The molecular weight excluding hydrogens is 274 g/mol. The monoisotopic (exact) mass is 285 g/mol. The fraction of sp³-hybridized carbons (Fsp3) is 0.200. The average Bonchev–Trinajstić information content (AvgIpc) is 2.72. The molecule has 2 rings (SSSR count). The molecule has 0 unspecified atom stereocenters. The molecule has 0 spiro atoms. The molecule has 0 aliphatic heterocycles. The second-order valence-electron chi connectivity index (χ2n) is 3.52. The van der Waals surface area contributed by atoms with Crippen molar-refractivity contribution in [3.8, 4) is 0 Å². The van der Waals surface area contributed by atoms with Gasteiger partial charge in [0.05, 0.1) is 24.7 Å². The topological polar surface area (TPSA) is 92.2 Å². The molecule has 0 atom stereocenters. The summed E-state index contributed by atoms with van der Waals surface area (Å²) in [4.78, 5) is 8.87. The van der Waals surface area contributed by atoms with Crippen LogP contribution in [0.4, 0.5) is 5.69 Å². The Morgan fingerprint density at radius 1 is 1.39 bits per heavy atom. The second kappa shape index (κ2) is 5.01. The van der Waals surface area contributed by atoms with E-state index in [0.29, 0.717) is 15.4 Å². The number of rotatable bonds is 4. The number of thiophene rings is 1. The number of anilines is 1. The predicted octanol–water partition coefficient (Wildman–Crippen LogP) is 1.14. The van der Waals surface area contributed by atoms with Crippen LogP contribution < -0.4 is 4.72 Å². The van der Waals surface area contributed by atoms with E-state index in [-0.39, 0.29) is 11.5 Å². The van der Waals surface area contributed by atoms with Crippen LogP contribution in [0.15, 0.2) is 29.7 Å². The van der Waals surface area contributed by atoms with Gasteiger partial charge in [0.15, 0.2) is 0 Å². The van der Waals surface area contributed by atoms with Gasteiger partial charge in [-0.15, -0.1) is 11.3 Å². The van der Waals surface area contributed by atoms with Crippen molar-refractivity contribution < 1.29 is 13.5 Å². The van der Waals surface area contributed by atoms with Crippen LogP contribution in [0, 0.1) is 6.92 Å². The Labute approximate surface area is 108 Å². The highest BCUT2D eigenvalue weighted by atomic mass is 32.2. The van der Waals surface area contributed by atoms with Gasteiger partial charge in [0.1, 0.15) is 11.2 Å². The number of hydrogen-bond donors (Lipinski definition) is 2. The van der Waals surface area contributed by atoms with Gasteiger partial charge >= 0.3 is 0 Å². The zero-order valence-electron chi connectivity index (χ0n) is 9.49. The van der Waals surface area contributed by atoms with E-state index < -0.39 is 10.0 Å². The van der Waals surface area contributed by atoms with E-state index in [1.165, 1.54) is 36.1 Å². The Kier molecular flexibility index (Phi) is 3.60. The van der Waals surface area contributed by atoms with Crippen LogP contribution in [0.2, 0.25) is 0 Å². The number of aliphatic hydroxyl groups excluding tert-OH is 1. The van der Waals surface area contributed by atoms with Crippen molar-refractivity contribution in [2.24, 2.45) is 0 Å². The largest absolute Gasteiger partial charge is 0.391 e. The van der Waals surface area contributed by atoms with Crippen LogP contribution in [0.3, 0.4) is 0 Å². The van der Waals surface area contributed by atoms with Crippen molar-refractivity contribution in [1.82, 2.24) is 9.97 Å². The quantitative estimate of drug-likeness (QED) is 0.878. The van der Waals surface area contributed by atoms with Gasteiger partial charge in [-0.2, -0.15) is 0 Å². The molecule has 2 N–H and O–H groups in total. The first-order valence-corrected chi connectivity index (χ1v) is 7.31. The Morgan fingerprint density at radius 3 is 2.61 bits per heavy atom. The summed E-state index contributed by atoms with van der Waals surface area (Å²) in [5.41, 5.74) is 0.300. The molecule has 96 valence electrons. The van der Waals surface area contributed by atoms with E-state index in [0.717, 1.165) is 0 Å². The minimum absolute atomic E-state index is 0.167. The predicted molar refractivity (Wildman–Crippen MR) is 67.8 cm³/mol. The molecule has 2 heterocycles. The SMILES string of the molecule is Cc1sc(CO)cc1S(=O)(=O)Nc1cncnc1. The molecule has 0 amide bonds. The van der Waals surface area contributed by atoms with Crippen LogP contribution in [-0.2, 0) is 16.6 Å². The van der Waals surface area contributed by atoms with E-state index in [2.05, 4.69) is 14.7 Å². The zero-order chi connectivity index (χ0) is 13.2. The van der Waals surface area contributed by atoms with E-state index in [1.54, 1.807) is 6.92 Å². The van der Waals surface area contributed by atoms with Crippen LogP contribution in [-0.4, -0.2) is 23.5 Å². The highest BCUT2D eigenvalue weighted by Gasteiger charge is 2.20. The first-order chi connectivity index (χ1) is 8.53. The molecule has 0 fully saturated rings. The third-order valence-corrected chi connectivity index (χ3v) is 4.85. The third-order valence-electron chi connectivity index (χ3n) is 2.18. The lowest BCUT2D eigenvalue weighted by atomic mass is 10.4. The molecule has 18 heavy (non-hydrogen) atoms. The summed E-state index contributed by atoms with van der Waals surface area (Å²) in [6.45, 7) is 1.52. The first-order valence-electron chi connectivity index (χ1n) is 5.01. The molecule has 0 aliphatic carbocycles. The van der Waals surface area contributed by atoms with E-state index in [1.807, 2.05) is 0 Å². The number of aromatic nitrogens is 2. The van der Waals surface area contributed by atoms with Crippen LogP contribution >= 0.6 is 11.3 Å². The standard InChI is InChI=1S/C10H11N3O3S2/c1-7-10(2-9(5-14)17-7)18(15,16)13-8-3-11-6-12-4-8/h2-4,6,13-14H,5H2,1H3. The number of sulfonamides is 1. The smallest absolute Gasteiger partial charge is 0.263 e. The molecule has 2 aromatic rings. The fourth-order valence-corrected chi connectivity index (χ4v) is 3.96. The van der Waals surface area contributed by atoms with Gasteiger partial charge in [-0.1, -0.05) is 0 Å². The van der Waals surface area contributed by atoms with Crippen molar-refractivity contribution in [2.45, 2.75) is 18.4 Å². The minimum atomic E-state index is -3.66. The maximum atomic E-state index is 12.1.